The summed E-state index contributed by atoms with van der Waals surface area (Å²) in [4.78, 5) is 6.85. The third-order valence-electron chi connectivity index (χ3n) is 2.47. The summed E-state index contributed by atoms with van der Waals surface area (Å²) < 4.78 is 0. The van der Waals surface area contributed by atoms with Gasteiger partial charge in [0.1, 0.15) is 6.10 Å². The van der Waals surface area contributed by atoms with Crippen molar-refractivity contribution < 1.29 is 15.2 Å². The Bertz CT molecular complexity index is 136. The van der Waals surface area contributed by atoms with Crippen molar-refractivity contribution in [2.24, 2.45) is 0 Å². The van der Waals surface area contributed by atoms with E-state index in [0.29, 0.717) is 6.04 Å². The molecule has 0 amide bonds. The van der Waals surface area contributed by atoms with Gasteiger partial charge >= 0.3 is 0 Å². The van der Waals surface area contributed by atoms with Crippen molar-refractivity contribution in [2.75, 3.05) is 13.1 Å². The molecule has 11 heavy (non-hydrogen) atoms. The Balaban J connectivity index is 1.72. The highest BCUT2D eigenvalue weighted by molar-refractivity contribution is 4.97. The molecule has 0 aromatic rings. The molecule has 1 aliphatic heterocycles. The molecule has 0 spiro atoms. The number of hydrogen-bond donors (Lipinski definition) is 0. The summed E-state index contributed by atoms with van der Waals surface area (Å²) in [6.45, 7) is 2.31. The zero-order valence-corrected chi connectivity index (χ0v) is 6.36. The molecule has 4 nitrogen and oxygen atoms in total. The maximum Gasteiger partial charge on any atom is 0.109 e. The predicted molar refractivity (Wildman–Crippen MR) is 35.2 cm³/mol. The molecular formula is C7H12NO3-. The Hall–Kier alpha value is -0.160. The lowest BCUT2D eigenvalue weighted by molar-refractivity contribution is -0.802. The van der Waals surface area contributed by atoms with Gasteiger partial charge in [0.25, 0.3) is 0 Å². The van der Waals surface area contributed by atoms with Crippen molar-refractivity contribution in [3.8, 4) is 0 Å². The molecule has 2 rings (SSSR count). The standard InChI is InChI=1S/C7H13NO3/c9-11-10-7-5-6(7)8-3-1-2-4-8/h6-7,9H,1-5H2/p-1. The molecule has 4 heteroatoms. The molecule has 0 N–H and O–H groups in total. The van der Waals surface area contributed by atoms with E-state index in [1.54, 1.807) is 0 Å². The summed E-state index contributed by atoms with van der Waals surface area (Å²) >= 11 is 0. The quantitative estimate of drug-likeness (QED) is 0.408. The molecule has 1 saturated heterocycles. The van der Waals surface area contributed by atoms with E-state index in [1.807, 2.05) is 0 Å². The third-order valence-corrected chi connectivity index (χ3v) is 2.47. The molecule has 2 aliphatic rings. The van der Waals surface area contributed by atoms with Crippen molar-refractivity contribution in [3.05, 3.63) is 0 Å². The molecule has 64 valence electrons. The van der Waals surface area contributed by atoms with Gasteiger partial charge in [-0.2, -0.15) is 0 Å². The van der Waals surface area contributed by atoms with Crippen LogP contribution in [0.15, 0.2) is 0 Å². The average Bonchev–Trinajstić information content (AvgIpc) is 2.61. The van der Waals surface area contributed by atoms with E-state index in [0.717, 1.165) is 19.5 Å². The van der Waals surface area contributed by atoms with Gasteiger partial charge in [-0.05, 0) is 32.4 Å². The van der Waals surface area contributed by atoms with Gasteiger partial charge < -0.3 is 5.26 Å². The number of hydrogen-bond acceptors (Lipinski definition) is 4. The smallest absolute Gasteiger partial charge is 0.109 e. The zero-order valence-electron chi connectivity index (χ0n) is 6.36. The first-order chi connectivity index (χ1) is 5.42. The molecule has 0 bridgehead atoms. The molecular weight excluding hydrogens is 146 g/mol. The summed E-state index contributed by atoms with van der Waals surface area (Å²) in [5.74, 6) is 0. The largest absolute Gasteiger partial charge is 0.692 e. The number of likely N-dealkylation sites (tertiary alicyclic amines) is 1. The fourth-order valence-corrected chi connectivity index (χ4v) is 1.77. The van der Waals surface area contributed by atoms with E-state index in [4.69, 9.17) is 0 Å². The molecule has 2 fully saturated rings. The first-order valence-electron chi connectivity index (χ1n) is 4.11. The SMILES string of the molecule is [O-]OOC1CC1N1CCCC1. The van der Waals surface area contributed by atoms with Crippen LogP contribution < -0.4 is 5.26 Å². The van der Waals surface area contributed by atoms with Crippen LogP contribution in [0.3, 0.4) is 0 Å². The van der Waals surface area contributed by atoms with E-state index in [-0.39, 0.29) is 6.10 Å². The van der Waals surface area contributed by atoms with Crippen molar-refractivity contribution in [1.29, 1.82) is 0 Å². The van der Waals surface area contributed by atoms with Crippen molar-refractivity contribution in [3.63, 3.8) is 0 Å². The highest BCUT2D eigenvalue weighted by Crippen LogP contribution is 2.33. The second-order valence-corrected chi connectivity index (χ2v) is 3.25. The third kappa shape index (κ3) is 1.54. The average molecular weight is 158 g/mol. The highest BCUT2D eigenvalue weighted by atomic mass is 17.5. The Morgan fingerprint density at radius 3 is 2.64 bits per heavy atom. The van der Waals surface area contributed by atoms with Gasteiger partial charge in [-0.3, -0.25) is 9.94 Å². The lowest BCUT2D eigenvalue weighted by atomic mass is 10.4. The first kappa shape index (κ1) is 7.49. The topological polar surface area (TPSA) is 44.8 Å². The maximum absolute atomic E-state index is 9.60. The van der Waals surface area contributed by atoms with Gasteiger partial charge in [0.2, 0.25) is 0 Å². The second-order valence-electron chi connectivity index (χ2n) is 3.25. The fourth-order valence-electron chi connectivity index (χ4n) is 1.77. The van der Waals surface area contributed by atoms with Crippen LogP contribution in [0.2, 0.25) is 0 Å². The normalized spacial score (nSPS) is 37.9. The van der Waals surface area contributed by atoms with Gasteiger partial charge in [0.05, 0.1) is 0 Å². The lowest BCUT2D eigenvalue weighted by Crippen LogP contribution is -2.25. The molecule has 1 heterocycles. The minimum atomic E-state index is 0.0469. The van der Waals surface area contributed by atoms with Crippen molar-refractivity contribution >= 4 is 0 Å². The van der Waals surface area contributed by atoms with Gasteiger partial charge in [0, 0.05) is 6.04 Å². The van der Waals surface area contributed by atoms with Crippen LogP contribution in [0, 0.1) is 0 Å². The molecule has 2 unspecified atom stereocenters. The minimum Gasteiger partial charge on any atom is -0.692 e. The Kier molecular flexibility index (Phi) is 2.09. The van der Waals surface area contributed by atoms with Gasteiger partial charge in [-0.15, -0.1) is 0 Å². The van der Waals surface area contributed by atoms with Crippen molar-refractivity contribution in [1.82, 2.24) is 4.90 Å². The summed E-state index contributed by atoms with van der Waals surface area (Å²) in [7, 11) is 0. The summed E-state index contributed by atoms with van der Waals surface area (Å²) in [6.07, 6.45) is 3.57. The molecule has 1 aliphatic carbocycles. The Labute approximate surface area is 65.6 Å². The molecule has 0 aromatic carbocycles. The fraction of sp³-hybridized carbons (Fsp3) is 1.00. The van der Waals surface area contributed by atoms with E-state index in [1.165, 1.54) is 12.8 Å². The highest BCUT2D eigenvalue weighted by Gasteiger charge is 2.44. The monoisotopic (exact) mass is 158 g/mol. The van der Waals surface area contributed by atoms with E-state index >= 15 is 0 Å². The molecule has 0 radical (unpaired) electrons. The molecule has 0 aromatic heterocycles. The van der Waals surface area contributed by atoms with Gasteiger partial charge in [-0.25, -0.2) is 4.89 Å². The zero-order chi connectivity index (χ0) is 7.68. The number of nitrogens with zero attached hydrogens (tertiary/aromatic N) is 1. The second kappa shape index (κ2) is 3.06. The van der Waals surface area contributed by atoms with Crippen LogP contribution in [0.1, 0.15) is 19.3 Å². The van der Waals surface area contributed by atoms with Crippen LogP contribution in [-0.2, 0) is 9.93 Å². The summed E-state index contributed by atoms with van der Waals surface area (Å²) in [5, 5.41) is 13.0. The van der Waals surface area contributed by atoms with Gasteiger partial charge in [0.15, 0.2) is 0 Å². The summed E-state index contributed by atoms with van der Waals surface area (Å²) in [6, 6.07) is 0.464. The predicted octanol–water partition coefficient (Wildman–Crippen LogP) is -0.553. The Morgan fingerprint density at radius 2 is 2.00 bits per heavy atom. The van der Waals surface area contributed by atoms with Crippen LogP contribution in [0.4, 0.5) is 0 Å². The van der Waals surface area contributed by atoms with E-state index < -0.39 is 0 Å². The molecule has 1 saturated carbocycles. The minimum absolute atomic E-state index is 0.0469. The summed E-state index contributed by atoms with van der Waals surface area (Å²) in [5.41, 5.74) is 0. The first-order valence-corrected chi connectivity index (χ1v) is 4.11. The van der Waals surface area contributed by atoms with E-state index in [9.17, 15) is 5.26 Å². The van der Waals surface area contributed by atoms with Crippen molar-refractivity contribution in [2.45, 2.75) is 31.4 Å². The number of rotatable bonds is 3. The van der Waals surface area contributed by atoms with Crippen LogP contribution in [0.25, 0.3) is 0 Å². The Morgan fingerprint density at radius 1 is 1.27 bits per heavy atom. The van der Waals surface area contributed by atoms with E-state index in [2.05, 4.69) is 14.8 Å². The molecule has 2 atom stereocenters. The van der Waals surface area contributed by atoms with Crippen LogP contribution in [0.5, 0.6) is 0 Å². The van der Waals surface area contributed by atoms with Crippen LogP contribution in [-0.4, -0.2) is 30.1 Å². The lowest BCUT2D eigenvalue weighted by Gasteiger charge is -2.14. The van der Waals surface area contributed by atoms with Gasteiger partial charge in [-0.1, -0.05) is 0 Å². The maximum atomic E-state index is 9.60. The van der Waals surface area contributed by atoms with Crippen LogP contribution >= 0.6 is 0 Å².